The molecule has 0 radical (unpaired) electrons. The lowest BCUT2D eigenvalue weighted by molar-refractivity contribution is -0.386. The van der Waals surface area contributed by atoms with Crippen molar-refractivity contribution in [1.82, 2.24) is 9.88 Å². The number of aromatic nitrogens is 1. The van der Waals surface area contributed by atoms with Gasteiger partial charge in [-0.15, -0.1) is 0 Å². The van der Waals surface area contributed by atoms with Crippen LogP contribution in [0.5, 0.6) is 5.88 Å². The Morgan fingerprint density at radius 3 is 2.81 bits per heavy atom. The SMILES string of the molecule is COC(=O)c1ccc([N+](=O)[O-])c(OCCN(C)C2CC2)n1. The maximum Gasteiger partial charge on any atom is 0.356 e. The molecule has 1 aliphatic rings. The Morgan fingerprint density at radius 2 is 2.24 bits per heavy atom. The second kappa shape index (κ2) is 6.49. The number of rotatable bonds is 7. The van der Waals surface area contributed by atoms with Crippen LogP contribution in [0, 0.1) is 10.1 Å². The summed E-state index contributed by atoms with van der Waals surface area (Å²) in [5.74, 6) is -0.822. The van der Waals surface area contributed by atoms with Gasteiger partial charge in [-0.3, -0.25) is 10.1 Å². The first kappa shape index (κ1) is 15.2. The molecule has 1 aliphatic carbocycles. The van der Waals surface area contributed by atoms with E-state index >= 15 is 0 Å². The Kier molecular flexibility index (Phi) is 4.69. The highest BCUT2D eigenvalue weighted by Gasteiger charge is 2.26. The number of ether oxygens (including phenoxy) is 2. The van der Waals surface area contributed by atoms with E-state index in [0.29, 0.717) is 12.6 Å². The van der Waals surface area contributed by atoms with Crippen molar-refractivity contribution >= 4 is 11.7 Å². The smallest absolute Gasteiger partial charge is 0.356 e. The first-order valence-corrected chi connectivity index (χ1v) is 6.59. The number of methoxy groups -OCH3 is 1. The summed E-state index contributed by atoms with van der Waals surface area (Å²) >= 11 is 0. The molecule has 0 atom stereocenters. The molecule has 0 bridgehead atoms. The largest absolute Gasteiger partial charge is 0.471 e. The van der Waals surface area contributed by atoms with E-state index in [-0.39, 0.29) is 23.9 Å². The molecule has 2 rings (SSSR count). The molecular formula is C13H17N3O5. The molecule has 0 saturated heterocycles. The number of esters is 1. The van der Waals surface area contributed by atoms with Gasteiger partial charge < -0.3 is 14.4 Å². The standard InChI is InChI=1S/C13H17N3O5/c1-15(9-3-4-9)7-8-21-12-11(16(18)19)6-5-10(14-12)13(17)20-2/h5-6,9H,3-4,7-8H2,1-2H3. The number of carbonyl (C=O) groups excluding carboxylic acids is 1. The highest BCUT2D eigenvalue weighted by Crippen LogP contribution is 2.26. The average molecular weight is 295 g/mol. The van der Waals surface area contributed by atoms with Gasteiger partial charge in [-0.25, -0.2) is 9.78 Å². The lowest BCUT2D eigenvalue weighted by Crippen LogP contribution is -2.26. The van der Waals surface area contributed by atoms with E-state index in [0.717, 1.165) is 0 Å². The lowest BCUT2D eigenvalue weighted by atomic mass is 10.3. The van der Waals surface area contributed by atoms with E-state index in [9.17, 15) is 14.9 Å². The molecule has 8 heteroatoms. The average Bonchev–Trinajstić information content (AvgIpc) is 3.30. The van der Waals surface area contributed by atoms with Crippen LogP contribution in [0.4, 0.5) is 5.69 Å². The molecule has 1 heterocycles. The van der Waals surface area contributed by atoms with Gasteiger partial charge in [-0.2, -0.15) is 0 Å². The van der Waals surface area contributed by atoms with Gasteiger partial charge in [0.05, 0.1) is 12.0 Å². The highest BCUT2D eigenvalue weighted by atomic mass is 16.6. The molecule has 21 heavy (non-hydrogen) atoms. The second-order valence-electron chi connectivity index (χ2n) is 4.83. The monoisotopic (exact) mass is 295 g/mol. The Balaban J connectivity index is 2.06. The van der Waals surface area contributed by atoms with Crippen molar-refractivity contribution in [2.24, 2.45) is 0 Å². The van der Waals surface area contributed by atoms with Crippen molar-refractivity contribution in [3.8, 4) is 5.88 Å². The normalized spacial score (nSPS) is 14.0. The van der Waals surface area contributed by atoms with Crippen molar-refractivity contribution in [3.63, 3.8) is 0 Å². The van der Waals surface area contributed by atoms with Crippen molar-refractivity contribution in [1.29, 1.82) is 0 Å². The molecule has 8 nitrogen and oxygen atoms in total. The van der Waals surface area contributed by atoms with Crippen LogP contribution in [-0.2, 0) is 4.74 Å². The van der Waals surface area contributed by atoms with Gasteiger partial charge in [-0.05, 0) is 26.0 Å². The number of carbonyl (C=O) groups is 1. The summed E-state index contributed by atoms with van der Waals surface area (Å²) in [6.07, 6.45) is 2.35. The maximum absolute atomic E-state index is 11.4. The van der Waals surface area contributed by atoms with Crippen molar-refractivity contribution in [2.75, 3.05) is 27.3 Å². The van der Waals surface area contributed by atoms with Crippen LogP contribution in [-0.4, -0.2) is 54.1 Å². The van der Waals surface area contributed by atoms with Crippen LogP contribution in [0.2, 0.25) is 0 Å². The van der Waals surface area contributed by atoms with E-state index in [1.807, 2.05) is 7.05 Å². The summed E-state index contributed by atoms with van der Waals surface area (Å²) in [7, 11) is 3.20. The highest BCUT2D eigenvalue weighted by molar-refractivity contribution is 5.87. The predicted octanol–water partition coefficient (Wildman–Crippen LogP) is 1.25. The number of nitro groups is 1. The fourth-order valence-corrected chi connectivity index (χ4v) is 1.88. The quantitative estimate of drug-likeness (QED) is 0.424. The van der Waals surface area contributed by atoms with Gasteiger partial charge in [0.2, 0.25) is 0 Å². The number of hydrogen-bond acceptors (Lipinski definition) is 7. The van der Waals surface area contributed by atoms with Gasteiger partial charge in [0.1, 0.15) is 6.61 Å². The molecule has 0 aliphatic heterocycles. The topological polar surface area (TPSA) is 94.8 Å². The van der Waals surface area contributed by atoms with Gasteiger partial charge in [0.25, 0.3) is 5.88 Å². The Labute approximate surface area is 121 Å². The summed E-state index contributed by atoms with van der Waals surface area (Å²) < 4.78 is 9.92. The second-order valence-corrected chi connectivity index (χ2v) is 4.83. The number of nitrogens with zero attached hydrogens (tertiary/aromatic N) is 3. The minimum Gasteiger partial charge on any atom is -0.471 e. The van der Waals surface area contributed by atoms with Crippen LogP contribution in [0.15, 0.2) is 12.1 Å². The third-order valence-corrected chi connectivity index (χ3v) is 3.28. The molecule has 1 fully saturated rings. The third-order valence-electron chi connectivity index (χ3n) is 3.28. The van der Waals surface area contributed by atoms with Crippen LogP contribution >= 0.6 is 0 Å². The minimum absolute atomic E-state index is 0.0198. The molecule has 1 saturated carbocycles. The van der Waals surface area contributed by atoms with Crippen LogP contribution in [0.1, 0.15) is 23.3 Å². The first-order valence-electron chi connectivity index (χ1n) is 6.59. The van der Waals surface area contributed by atoms with E-state index in [1.54, 1.807) is 0 Å². The molecule has 0 N–H and O–H groups in total. The van der Waals surface area contributed by atoms with Crippen molar-refractivity contribution in [2.45, 2.75) is 18.9 Å². The van der Waals surface area contributed by atoms with E-state index < -0.39 is 10.9 Å². The molecular weight excluding hydrogens is 278 g/mol. The van der Waals surface area contributed by atoms with Gasteiger partial charge >= 0.3 is 11.7 Å². The molecule has 0 unspecified atom stereocenters. The van der Waals surface area contributed by atoms with E-state index in [4.69, 9.17) is 4.74 Å². The molecule has 1 aromatic heterocycles. The molecule has 0 amide bonds. The lowest BCUT2D eigenvalue weighted by Gasteiger charge is -2.15. The molecule has 0 aromatic carbocycles. The van der Waals surface area contributed by atoms with Gasteiger partial charge in [0.15, 0.2) is 5.69 Å². The van der Waals surface area contributed by atoms with Gasteiger partial charge in [0, 0.05) is 18.7 Å². The molecule has 0 spiro atoms. The summed E-state index contributed by atoms with van der Waals surface area (Å²) in [5.41, 5.74) is -0.287. The predicted molar refractivity (Wildman–Crippen MR) is 73.4 cm³/mol. The van der Waals surface area contributed by atoms with E-state index in [1.165, 1.54) is 32.1 Å². The fourth-order valence-electron chi connectivity index (χ4n) is 1.88. The van der Waals surface area contributed by atoms with Crippen LogP contribution in [0.3, 0.4) is 0 Å². The minimum atomic E-state index is -0.662. The van der Waals surface area contributed by atoms with E-state index in [2.05, 4.69) is 14.6 Å². The number of likely N-dealkylation sites (N-methyl/N-ethyl adjacent to an activating group) is 1. The maximum atomic E-state index is 11.4. The molecule has 114 valence electrons. The first-order chi connectivity index (χ1) is 10.0. The van der Waals surface area contributed by atoms with Crippen LogP contribution < -0.4 is 4.74 Å². The third kappa shape index (κ3) is 3.88. The number of pyridine rings is 1. The fraction of sp³-hybridized carbons (Fsp3) is 0.538. The zero-order valence-electron chi connectivity index (χ0n) is 11.9. The Morgan fingerprint density at radius 1 is 1.52 bits per heavy atom. The summed E-state index contributed by atoms with van der Waals surface area (Å²) in [6, 6.07) is 3.02. The summed E-state index contributed by atoms with van der Waals surface area (Å²) in [4.78, 5) is 27.8. The zero-order valence-corrected chi connectivity index (χ0v) is 11.9. The summed E-state index contributed by atoms with van der Waals surface area (Å²) in [6.45, 7) is 0.914. The summed E-state index contributed by atoms with van der Waals surface area (Å²) in [5, 5.41) is 10.9. The van der Waals surface area contributed by atoms with Crippen LogP contribution in [0.25, 0.3) is 0 Å². The van der Waals surface area contributed by atoms with Crippen molar-refractivity contribution < 1.29 is 19.2 Å². The Hall–Kier alpha value is -2.22. The zero-order chi connectivity index (χ0) is 15.4. The Bertz CT molecular complexity index is 545. The number of hydrogen-bond donors (Lipinski definition) is 0. The van der Waals surface area contributed by atoms with Crippen molar-refractivity contribution in [3.05, 3.63) is 27.9 Å². The van der Waals surface area contributed by atoms with Gasteiger partial charge in [-0.1, -0.05) is 0 Å². The molecule has 1 aromatic rings.